The Morgan fingerprint density at radius 1 is 0.508 bits per heavy atom. The zero-order valence-corrected chi connectivity index (χ0v) is 41.4. The van der Waals surface area contributed by atoms with E-state index in [0.29, 0.717) is 6.42 Å². The highest BCUT2D eigenvalue weighted by Crippen LogP contribution is 2.42. The van der Waals surface area contributed by atoms with Crippen LogP contribution in [0.25, 0.3) is 0 Å². The Morgan fingerprint density at radius 3 is 1.37 bits per heavy atom. The van der Waals surface area contributed by atoms with Crippen molar-refractivity contribution in [1.29, 1.82) is 0 Å². The summed E-state index contributed by atoms with van der Waals surface area (Å²) in [6.07, 6.45) is 60.1. The molecule has 366 valence electrons. The van der Waals surface area contributed by atoms with Gasteiger partial charge in [-0.2, -0.15) is 0 Å². The van der Waals surface area contributed by atoms with Gasteiger partial charge in [-0.15, -0.1) is 0 Å². The number of hydrogen-bond acceptors (Lipinski definition) is 7. The summed E-state index contributed by atoms with van der Waals surface area (Å²) in [4.78, 5) is 34.1. The Bertz CT molecular complexity index is 1220. The van der Waals surface area contributed by atoms with Gasteiger partial charge in [-0.25, -0.2) is 4.57 Å². The van der Waals surface area contributed by atoms with Gasteiger partial charge in [0.05, 0.1) is 13.2 Å². The molecule has 0 heterocycles. The number of ether oxygens (including phenoxy) is 1. The van der Waals surface area contributed by atoms with Gasteiger partial charge in [0.25, 0.3) is 0 Å². The number of amides is 1. The fourth-order valence-corrected chi connectivity index (χ4v) is 7.87. The van der Waals surface area contributed by atoms with E-state index in [1.54, 1.807) is 0 Å². The van der Waals surface area contributed by atoms with Gasteiger partial charge in [0, 0.05) is 19.4 Å². The molecule has 1 amide bonds. The van der Waals surface area contributed by atoms with E-state index in [9.17, 15) is 24.2 Å². The van der Waals surface area contributed by atoms with Crippen LogP contribution in [0.3, 0.4) is 0 Å². The minimum atomic E-state index is -4.43. The molecule has 0 aromatic rings. The molecule has 0 aromatic carbocycles. The van der Waals surface area contributed by atoms with E-state index in [0.717, 1.165) is 77.0 Å². The summed E-state index contributed by atoms with van der Waals surface area (Å²) in [5, 5.41) is 12.7. The van der Waals surface area contributed by atoms with Crippen LogP contribution in [0.1, 0.15) is 232 Å². The Balaban J connectivity index is 3.58. The number of hydrogen-bond donors (Lipinski definition) is 3. The summed E-state index contributed by atoms with van der Waals surface area (Å²) in [6.45, 7) is 3.46. The molecule has 2 unspecified atom stereocenters. The predicted octanol–water partition coefficient (Wildman–Crippen LogP) is 15.2. The van der Waals surface area contributed by atoms with E-state index in [4.69, 9.17) is 13.8 Å². The SMILES string of the molecule is CC/C=C\C/C=C\C/C=C\C/C=C\C/C=C\CCCCCCCCCC(=O)NCCOP(=O)(O)OCC(O)COC(=O)CCCCCCCCCCCCCCCCCCCCC. The van der Waals surface area contributed by atoms with Crippen LogP contribution in [-0.4, -0.2) is 54.3 Å². The van der Waals surface area contributed by atoms with Crippen molar-refractivity contribution < 1.29 is 37.9 Å². The molecule has 0 radical (unpaired) electrons. The number of rotatable bonds is 48. The molecular formula is C53H96NO8P. The third-order valence-corrected chi connectivity index (χ3v) is 11.9. The normalized spacial score (nSPS) is 13.7. The van der Waals surface area contributed by atoms with Crippen molar-refractivity contribution in [1.82, 2.24) is 5.32 Å². The summed E-state index contributed by atoms with van der Waals surface area (Å²) in [6, 6.07) is 0. The Morgan fingerprint density at radius 2 is 0.905 bits per heavy atom. The maximum absolute atomic E-state index is 12.2. The van der Waals surface area contributed by atoms with E-state index >= 15 is 0 Å². The largest absolute Gasteiger partial charge is 0.472 e. The van der Waals surface area contributed by atoms with Crippen molar-refractivity contribution in [3.05, 3.63) is 60.8 Å². The number of unbranched alkanes of at least 4 members (excludes halogenated alkanes) is 25. The number of phosphoric ester groups is 1. The number of allylic oxidation sites excluding steroid dienone is 10. The van der Waals surface area contributed by atoms with Gasteiger partial charge in [-0.3, -0.25) is 18.6 Å². The van der Waals surface area contributed by atoms with Crippen LogP contribution in [0, 0.1) is 0 Å². The van der Waals surface area contributed by atoms with Crippen LogP contribution < -0.4 is 5.32 Å². The van der Waals surface area contributed by atoms with Crippen molar-refractivity contribution in [2.45, 2.75) is 238 Å². The number of phosphoric acid groups is 1. The maximum Gasteiger partial charge on any atom is 0.472 e. The molecule has 63 heavy (non-hydrogen) atoms. The highest BCUT2D eigenvalue weighted by molar-refractivity contribution is 7.47. The molecule has 0 aliphatic rings. The first-order valence-corrected chi connectivity index (χ1v) is 27.3. The molecule has 0 aliphatic carbocycles. The molecule has 0 bridgehead atoms. The molecular weight excluding hydrogens is 810 g/mol. The van der Waals surface area contributed by atoms with Crippen LogP contribution in [0.2, 0.25) is 0 Å². The lowest BCUT2D eigenvalue weighted by atomic mass is 10.0. The first-order valence-electron chi connectivity index (χ1n) is 25.8. The van der Waals surface area contributed by atoms with E-state index in [1.807, 2.05) is 0 Å². The van der Waals surface area contributed by atoms with E-state index in [-0.39, 0.29) is 32.1 Å². The highest BCUT2D eigenvalue weighted by atomic mass is 31.2. The second-order valence-electron chi connectivity index (χ2n) is 17.1. The summed E-state index contributed by atoms with van der Waals surface area (Å²) in [7, 11) is -4.43. The Hall–Kier alpha value is -2.29. The zero-order chi connectivity index (χ0) is 46.0. The molecule has 0 rings (SSSR count). The predicted molar refractivity (Wildman–Crippen MR) is 266 cm³/mol. The van der Waals surface area contributed by atoms with Crippen LogP contribution in [-0.2, 0) is 27.9 Å². The monoisotopic (exact) mass is 906 g/mol. The smallest absolute Gasteiger partial charge is 0.463 e. The lowest BCUT2D eigenvalue weighted by Gasteiger charge is -2.15. The maximum atomic E-state index is 12.2. The number of aliphatic hydroxyl groups excluding tert-OH is 1. The summed E-state index contributed by atoms with van der Waals surface area (Å²) in [5.74, 6) is -0.522. The summed E-state index contributed by atoms with van der Waals surface area (Å²) >= 11 is 0. The van der Waals surface area contributed by atoms with Crippen molar-refractivity contribution in [3.8, 4) is 0 Å². The fraction of sp³-hybridized carbons (Fsp3) is 0.774. The van der Waals surface area contributed by atoms with E-state index in [2.05, 4.69) is 79.9 Å². The first-order chi connectivity index (χ1) is 30.8. The van der Waals surface area contributed by atoms with Crippen molar-refractivity contribution in [2.24, 2.45) is 0 Å². The molecule has 0 saturated heterocycles. The summed E-state index contributed by atoms with van der Waals surface area (Å²) in [5.41, 5.74) is 0. The van der Waals surface area contributed by atoms with Gasteiger partial charge in [-0.05, 0) is 57.8 Å². The second-order valence-corrected chi connectivity index (χ2v) is 18.6. The number of nitrogens with one attached hydrogen (secondary N) is 1. The van der Waals surface area contributed by atoms with E-state index in [1.165, 1.54) is 128 Å². The summed E-state index contributed by atoms with van der Waals surface area (Å²) < 4.78 is 27.0. The van der Waals surface area contributed by atoms with E-state index < -0.39 is 26.5 Å². The molecule has 3 N–H and O–H groups in total. The number of esters is 1. The quantitative estimate of drug-likeness (QED) is 0.0238. The minimum Gasteiger partial charge on any atom is -0.463 e. The van der Waals surface area contributed by atoms with Crippen LogP contribution in [0.15, 0.2) is 60.8 Å². The van der Waals surface area contributed by atoms with Gasteiger partial charge >= 0.3 is 13.8 Å². The third kappa shape index (κ3) is 50.6. The fourth-order valence-electron chi connectivity index (χ4n) is 7.11. The second kappa shape index (κ2) is 49.2. The molecule has 9 nitrogen and oxygen atoms in total. The molecule has 0 fully saturated rings. The number of carbonyl (C=O) groups is 2. The first kappa shape index (κ1) is 60.7. The molecule has 0 saturated carbocycles. The highest BCUT2D eigenvalue weighted by Gasteiger charge is 2.23. The lowest BCUT2D eigenvalue weighted by Crippen LogP contribution is -2.27. The topological polar surface area (TPSA) is 131 Å². The minimum absolute atomic E-state index is 0.0737. The van der Waals surface area contributed by atoms with Gasteiger partial charge in [0.1, 0.15) is 12.7 Å². The standard InChI is InChI=1S/C53H96NO8P/c1-3-5-7-9-11-13-15-17-19-21-23-24-25-26-28-29-31-33-35-37-39-41-43-45-52(56)54-47-48-61-63(58,59)62-50-51(55)49-60-53(57)46-44-42-40-38-36-34-32-30-27-22-20-18-16-14-12-10-8-6-4-2/h5,7,11,13,17,19,23-24,26,28,51,55H,3-4,6,8-10,12,14-16,18,20-22,25,27,29-50H2,1-2H3,(H,54,56)(H,58,59)/b7-5-,13-11-,19-17-,24-23-,28-26-. The third-order valence-electron chi connectivity index (χ3n) is 11.0. The van der Waals surface area contributed by atoms with Crippen LogP contribution in [0.4, 0.5) is 0 Å². The van der Waals surface area contributed by atoms with Gasteiger partial charge in [0.2, 0.25) is 5.91 Å². The zero-order valence-electron chi connectivity index (χ0n) is 40.5. The van der Waals surface area contributed by atoms with Crippen LogP contribution >= 0.6 is 7.82 Å². The molecule has 0 aliphatic heterocycles. The van der Waals surface area contributed by atoms with Crippen LogP contribution in [0.5, 0.6) is 0 Å². The van der Waals surface area contributed by atoms with Gasteiger partial charge in [-0.1, -0.05) is 222 Å². The molecule has 10 heteroatoms. The molecule has 0 spiro atoms. The Labute approximate surface area is 387 Å². The number of carbonyl (C=O) groups excluding carboxylic acids is 2. The lowest BCUT2D eigenvalue weighted by molar-refractivity contribution is -0.147. The molecule has 2 atom stereocenters. The average molecular weight is 906 g/mol. The van der Waals surface area contributed by atoms with Gasteiger partial charge in [0.15, 0.2) is 0 Å². The molecule has 0 aromatic heterocycles. The van der Waals surface area contributed by atoms with Crippen molar-refractivity contribution in [2.75, 3.05) is 26.4 Å². The Kier molecular flexibility index (Phi) is 47.4. The van der Waals surface area contributed by atoms with Crippen molar-refractivity contribution in [3.63, 3.8) is 0 Å². The average Bonchev–Trinajstić information content (AvgIpc) is 3.27. The number of aliphatic hydroxyl groups is 1. The van der Waals surface area contributed by atoms with Crippen molar-refractivity contribution >= 4 is 19.7 Å². The van der Waals surface area contributed by atoms with Gasteiger partial charge < -0.3 is 20.1 Å².